The standard InChI is InChI=1S/C9H9N3O/c13-7-5-12-4-3-10-9(12)8(11-7)6-1-2-6/h3-6,13H,1-2H2. The third-order valence-corrected chi connectivity index (χ3v) is 2.35. The van der Waals surface area contributed by atoms with Gasteiger partial charge in [-0.3, -0.25) is 0 Å². The maximum Gasteiger partial charge on any atom is 0.228 e. The lowest BCUT2D eigenvalue weighted by Crippen LogP contribution is -1.94. The van der Waals surface area contributed by atoms with Crippen molar-refractivity contribution in [2.45, 2.75) is 18.8 Å². The molecule has 0 radical (unpaired) electrons. The molecule has 0 atom stereocenters. The van der Waals surface area contributed by atoms with Crippen molar-refractivity contribution in [3.63, 3.8) is 0 Å². The van der Waals surface area contributed by atoms with Crippen LogP contribution in [0.25, 0.3) is 5.65 Å². The third kappa shape index (κ3) is 0.983. The van der Waals surface area contributed by atoms with Crippen molar-refractivity contribution < 1.29 is 5.11 Å². The summed E-state index contributed by atoms with van der Waals surface area (Å²) in [7, 11) is 0. The van der Waals surface area contributed by atoms with Crippen LogP contribution >= 0.6 is 0 Å². The number of fused-ring (bicyclic) bond motifs is 1. The van der Waals surface area contributed by atoms with Gasteiger partial charge in [-0.15, -0.1) is 0 Å². The minimum Gasteiger partial charge on any atom is -0.492 e. The van der Waals surface area contributed by atoms with E-state index < -0.39 is 0 Å². The molecule has 0 aromatic carbocycles. The van der Waals surface area contributed by atoms with Crippen molar-refractivity contribution >= 4 is 5.65 Å². The van der Waals surface area contributed by atoms with Crippen LogP contribution in [0.1, 0.15) is 24.5 Å². The second kappa shape index (κ2) is 2.22. The maximum atomic E-state index is 9.35. The van der Waals surface area contributed by atoms with Crippen molar-refractivity contribution in [3.05, 3.63) is 24.3 Å². The van der Waals surface area contributed by atoms with Gasteiger partial charge in [0.2, 0.25) is 5.88 Å². The summed E-state index contributed by atoms with van der Waals surface area (Å²) in [6.07, 6.45) is 7.46. The first-order valence-corrected chi connectivity index (χ1v) is 4.37. The zero-order chi connectivity index (χ0) is 8.84. The number of rotatable bonds is 1. The van der Waals surface area contributed by atoms with Gasteiger partial charge in [0.25, 0.3) is 0 Å². The maximum absolute atomic E-state index is 9.35. The van der Waals surface area contributed by atoms with Crippen LogP contribution in [-0.4, -0.2) is 19.5 Å². The Morgan fingerprint density at radius 2 is 2.31 bits per heavy atom. The average molecular weight is 175 g/mol. The Labute approximate surface area is 74.9 Å². The van der Waals surface area contributed by atoms with Crippen LogP contribution in [0.4, 0.5) is 0 Å². The SMILES string of the molecule is Oc1cn2ccnc2c(C2CC2)n1. The van der Waals surface area contributed by atoms with E-state index in [1.807, 2.05) is 10.6 Å². The molecule has 0 spiro atoms. The van der Waals surface area contributed by atoms with Crippen LogP contribution in [0, 0.1) is 0 Å². The summed E-state index contributed by atoms with van der Waals surface area (Å²) in [6.45, 7) is 0. The van der Waals surface area contributed by atoms with Gasteiger partial charge >= 0.3 is 0 Å². The zero-order valence-electron chi connectivity index (χ0n) is 7.01. The lowest BCUT2D eigenvalue weighted by molar-refractivity contribution is 0.447. The van der Waals surface area contributed by atoms with Gasteiger partial charge in [-0.2, -0.15) is 0 Å². The molecule has 2 aromatic heterocycles. The summed E-state index contributed by atoms with van der Waals surface area (Å²) in [6, 6.07) is 0. The highest BCUT2D eigenvalue weighted by molar-refractivity contribution is 5.48. The topological polar surface area (TPSA) is 50.4 Å². The molecule has 1 aliphatic carbocycles. The van der Waals surface area contributed by atoms with Gasteiger partial charge in [-0.25, -0.2) is 9.97 Å². The molecule has 0 saturated heterocycles. The quantitative estimate of drug-likeness (QED) is 0.711. The van der Waals surface area contributed by atoms with E-state index in [1.54, 1.807) is 12.4 Å². The lowest BCUT2D eigenvalue weighted by Gasteiger charge is -2.01. The van der Waals surface area contributed by atoms with Crippen molar-refractivity contribution in [2.24, 2.45) is 0 Å². The minimum atomic E-state index is 0.0763. The second-order valence-electron chi connectivity index (χ2n) is 3.42. The van der Waals surface area contributed by atoms with Gasteiger partial charge in [-0.05, 0) is 12.8 Å². The normalized spacial score (nSPS) is 16.6. The molecule has 0 aliphatic heterocycles. The summed E-state index contributed by atoms with van der Waals surface area (Å²) < 4.78 is 1.82. The Morgan fingerprint density at radius 1 is 1.46 bits per heavy atom. The molecule has 0 amide bonds. The second-order valence-corrected chi connectivity index (χ2v) is 3.42. The Balaban J connectivity index is 2.33. The van der Waals surface area contributed by atoms with E-state index >= 15 is 0 Å². The smallest absolute Gasteiger partial charge is 0.228 e. The minimum absolute atomic E-state index is 0.0763. The highest BCUT2D eigenvalue weighted by atomic mass is 16.3. The zero-order valence-corrected chi connectivity index (χ0v) is 7.01. The van der Waals surface area contributed by atoms with Gasteiger partial charge < -0.3 is 9.51 Å². The number of aromatic hydroxyl groups is 1. The van der Waals surface area contributed by atoms with E-state index in [4.69, 9.17) is 0 Å². The highest BCUT2D eigenvalue weighted by Crippen LogP contribution is 2.40. The molecule has 1 N–H and O–H groups in total. The fourth-order valence-corrected chi connectivity index (χ4v) is 1.57. The molecule has 4 heteroatoms. The van der Waals surface area contributed by atoms with Crippen LogP contribution in [0.15, 0.2) is 18.6 Å². The third-order valence-electron chi connectivity index (χ3n) is 2.35. The molecule has 0 unspecified atom stereocenters. The summed E-state index contributed by atoms with van der Waals surface area (Å²) >= 11 is 0. The van der Waals surface area contributed by atoms with Gasteiger partial charge in [0.05, 0.1) is 11.9 Å². The van der Waals surface area contributed by atoms with Crippen LogP contribution in [0.2, 0.25) is 0 Å². The van der Waals surface area contributed by atoms with E-state index in [-0.39, 0.29) is 5.88 Å². The Morgan fingerprint density at radius 3 is 3.08 bits per heavy atom. The first-order valence-electron chi connectivity index (χ1n) is 4.37. The van der Waals surface area contributed by atoms with E-state index in [1.165, 1.54) is 12.8 Å². The molecular formula is C9H9N3O. The summed E-state index contributed by atoms with van der Waals surface area (Å²) in [5.74, 6) is 0.587. The number of aromatic nitrogens is 3. The van der Waals surface area contributed by atoms with Crippen LogP contribution in [0.5, 0.6) is 5.88 Å². The predicted octanol–water partition coefficient (Wildman–Crippen LogP) is 1.31. The van der Waals surface area contributed by atoms with Gasteiger partial charge in [0.15, 0.2) is 5.65 Å². The fourth-order valence-electron chi connectivity index (χ4n) is 1.57. The predicted molar refractivity (Wildman–Crippen MR) is 46.6 cm³/mol. The van der Waals surface area contributed by atoms with Crippen molar-refractivity contribution in [3.8, 4) is 5.88 Å². The number of imidazole rings is 1. The number of nitrogens with zero attached hydrogens (tertiary/aromatic N) is 3. The van der Waals surface area contributed by atoms with Gasteiger partial charge in [-0.1, -0.05) is 0 Å². The van der Waals surface area contributed by atoms with E-state index in [9.17, 15) is 5.11 Å². The summed E-state index contributed by atoms with van der Waals surface area (Å²) in [4.78, 5) is 8.32. The molecule has 2 aromatic rings. The molecule has 1 fully saturated rings. The number of hydrogen-bond acceptors (Lipinski definition) is 3. The van der Waals surface area contributed by atoms with Crippen molar-refractivity contribution in [2.75, 3.05) is 0 Å². The van der Waals surface area contributed by atoms with E-state index in [0.29, 0.717) is 5.92 Å². The largest absolute Gasteiger partial charge is 0.492 e. The van der Waals surface area contributed by atoms with Gasteiger partial charge in [0, 0.05) is 18.3 Å². The molecule has 1 aliphatic rings. The first kappa shape index (κ1) is 6.88. The Kier molecular flexibility index (Phi) is 1.17. The van der Waals surface area contributed by atoms with Crippen LogP contribution in [-0.2, 0) is 0 Å². The van der Waals surface area contributed by atoms with E-state index in [0.717, 1.165) is 11.3 Å². The van der Waals surface area contributed by atoms with Gasteiger partial charge in [0.1, 0.15) is 0 Å². The average Bonchev–Trinajstić information content (AvgIpc) is 2.84. The number of hydrogen-bond donors (Lipinski definition) is 1. The molecule has 2 heterocycles. The molecular weight excluding hydrogens is 166 g/mol. The van der Waals surface area contributed by atoms with Crippen molar-refractivity contribution in [1.82, 2.24) is 14.4 Å². The molecule has 4 nitrogen and oxygen atoms in total. The molecule has 0 bridgehead atoms. The van der Waals surface area contributed by atoms with Crippen LogP contribution < -0.4 is 0 Å². The van der Waals surface area contributed by atoms with E-state index in [2.05, 4.69) is 9.97 Å². The first-order chi connectivity index (χ1) is 6.34. The molecule has 66 valence electrons. The monoisotopic (exact) mass is 175 g/mol. The Hall–Kier alpha value is -1.58. The fraction of sp³-hybridized carbons (Fsp3) is 0.333. The summed E-state index contributed by atoms with van der Waals surface area (Å²) in [5.41, 5.74) is 1.81. The van der Waals surface area contributed by atoms with Crippen molar-refractivity contribution in [1.29, 1.82) is 0 Å². The molecule has 13 heavy (non-hydrogen) atoms. The summed E-state index contributed by atoms with van der Waals surface area (Å²) in [5, 5.41) is 9.35. The Bertz CT molecular complexity index is 459. The molecule has 1 saturated carbocycles. The molecule has 3 rings (SSSR count). The van der Waals surface area contributed by atoms with Crippen LogP contribution in [0.3, 0.4) is 0 Å². The lowest BCUT2D eigenvalue weighted by atomic mass is 10.3. The highest BCUT2D eigenvalue weighted by Gasteiger charge is 2.28.